The molecule has 0 fully saturated rings. The first-order chi connectivity index (χ1) is 13.1. The van der Waals surface area contributed by atoms with Crippen LogP contribution in [0.25, 0.3) is 22.6 Å². The standard InChI is InChI=1S/C19H14ClN5OS/c20-13-6-4-11(5-7-13)15-16(18(26)25-19-22-8-9-27-19)24-17(23-15)12-2-1-3-14(21)10-12/h1-10H,21H2,(H,23,24)(H,22,25,26). The van der Waals surface area contributed by atoms with Gasteiger partial charge in [0.1, 0.15) is 5.82 Å². The number of hydrogen-bond acceptors (Lipinski definition) is 5. The zero-order valence-electron chi connectivity index (χ0n) is 13.9. The minimum Gasteiger partial charge on any atom is -0.399 e. The number of rotatable bonds is 4. The van der Waals surface area contributed by atoms with Gasteiger partial charge in [0.25, 0.3) is 5.91 Å². The number of imidazole rings is 1. The molecule has 4 rings (SSSR count). The molecule has 0 bridgehead atoms. The number of nitrogen functional groups attached to an aromatic ring is 1. The molecule has 0 radical (unpaired) electrons. The third-order valence-electron chi connectivity index (χ3n) is 3.86. The Balaban J connectivity index is 1.79. The van der Waals surface area contributed by atoms with E-state index in [1.165, 1.54) is 11.3 Å². The first kappa shape index (κ1) is 17.3. The number of H-pyrrole nitrogens is 1. The van der Waals surface area contributed by atoms with Crippen molar-refractivity contribution in [3.63, 3.8) is 0 Å². The van der Waals surface area contributed by atoms with Crippen LogP contribution < -0.4 is 11.1 Å². The quantitative estimate of drug-likeness (QED) is 0.437. The van der Waals surface area contributed by atoms with Crippen LogP contribution in [-0.4, -0.2) is 20.9 Å². The summed E-state index contributed by atoms with van der Waals surface area (Å²) in [6, 6.07) is 14.5. The summed E-state index contributed by atoms with van der Waals surface area (Å²) in [6.45, 7) is 0. The van der Waals surface area contributed by atoms with E-state index in [1.807, 2.05) is 24.3 Å². The van der Waals surface area contributed by atoms with Gasteiger partial charge < -0.3 is 10.7 Å². The van der Waals surface area contributed by atoms with Gasteiger partial charge in [0, 0.05) is 33.4 Å². The summed E-state index contributed by atoms with van der Waals surface area (Å²) in [5.74, 6) is 0.206. The molecule has 6 nitrogen and oxygen atoms in total. The van der Waals surface area contributed by atoms with Gasteiger partial charge in [-0.15, -0.1) is 11.3 Å². The van der Waals surface area contributed by atoms with E-state index in [-0.39, 0.29) is 11.6 Å². The molecular weight excluding hydrogens is 382 g/mol. The third kappa shape index (κ3) is 3.69. The first-order valence-electron chi connectivity index (χ1n) is 8.03. The van der Waals surface area contributed by atoms with Gasteiger partial charge in [-0.25, -0.2) is 9.97 Å². The summed E-state index contributed by atoms with van der Waals surface area (Å²) in [5, 5.41) is 5.69. The van der Waals surface area contributed by atoms with E-state index in [2.05, 4.69) is 20.3 Å². The van der Waals surface area contributed by atoms with Crippen molar-refractivity contribution in [1.82, 2.24) is 15.0 Å². The van der Waals surface area contributed by atoms with Crippen molar-refractivity contribution in [3.05, 3.63) is 70.8 Å². The number of nitrogens with one attached hydrogen (secondary N) is 2. The number of carbonyl (C=O) groups excluding carboxylic acids is 1. The lowest BCUT2D eigenvalue weighted by Crippen LogP contribution is -2.13. The number of aromatic nitrogens is 3. The number of carbonyl (C=O) groups is 1. The molecule has 0 aliphatic carbocycles. The number of halogens is 1. The van der Waals surface area contributed by atoms with Crippen LogP contribution in [0.15, 0.2) is 60.1 Å². The molecule has 0 atom stereocenters. The van der Waals surface area contributed by atoms with Gasteiger partial charge in [0.2, 0.25) is 0 Å². The summed E-state index contributed by atoms with van der Waals surface area (Å²) in [4.78, 5) is 24.6. The average Bonchev–Trinajstić information content (AvgIpc) is 3.32. The van der Waals surface area contributed by atoms with Crippen molar-refractivity contribution in [2.75, 3.05) is 11.1 Å². The lowest BCUT2D eigenvalue weighted by molar-refractivity contribution is 0.102. The Hall–Kier alpha value is -3.16. The van der Waals surface area contributed by atoms with Gasteiger partial charge >= 0.3 is 0 Å². The maximum atomic E-state index is 12.8. The highest BCUT2D eigenvalue weighted by atomic mass is 35.5. The molecular formula is C19H14ClN5OS. The molecule has 134 valence electrons. The number of nitrogens with zero attached hydrogens (tertiary/aromatic N) is 2. The van der Waals surface area contributed by atoms with Crippen molar-refractivity contribution < 1.29 is 4.79 Å². The van der Waals surface area contributed by atoms with Crippen LogP contribution in [0.3, 0.4) is 0 Å². The topological polar surface area (TPSA) is 96.7 Å². The Kier molecular flexibility index (Phi) is 4.62. The van der Waals surface area contributed by atoms with Crippen LogP contribution in [0.4, 0.5) is 10.8 Å². The number of anilines is 2. The van der Waals surface area contributed by atoms with E-state index in [1.54, 1.807) is 35.8 Å². The zero-order valence-corrected chi connectivity index (χ0v) is 15.5. The number of thiazole rings is 1. The van der Waals surface area contributed by atoms with Crippen molar-refractivity contribution in [2.45, 2.75) is 0 Å². The van der Waals surface area contributed by atoms with E-state index in [4.69, 9.17) is 17.3 Å². The highest BCUT2D eigenvalue weighted by Gasteiger charge is 2.20. The van der Waals surface area contributed by atoms with E-state index in [0.29, 0.717) is 27.4 Å². The number of amides is 1. The largest absolute Gasteiger partial charge is 0.399 e. The minimum absolute atomic E-state index is 0.268. The van der Waals surface area contributed by atoms with Crippen molar-refractivity contribution in [1.29, 1.82) is 0 Å². The van der Waals surface area contributed by atoms with Gasteiger partial charge in [-0.05, 0) is 24.3 Å². The Morgan fingerprint density at radius 1 is 1.15 bits per heavy atom. The number of aromatic amines is 1. The molecule has 4 aromatic rings. The van der Waals surface area contributed by atoms with Gasteiger partial charge in [-0.1, -0.05) is 35.9 Å². The van der Waals surface area contributed by atoms with E-state index >= 15 is 0 Å². The maximum absolute atomic E-state index is 12.8. The Morgan fingerprint density at radius 2 is 1.96 bits per heavy atom. The Bertz CT molecular complexity index is 1090. The molecule has 0 spiro atoms. The van der Waals surface area contributed by atoms with Gasteiger partial charge in [-0.3, -0.25) is 10.1 Å². The van der Waals surface area contributed by atoms with Crippen LogP contribution in [0, 0.1) is 0 Å². The van der Waals surface area contributed by atoms with Crippen molar-refractivity contribution in [3.8, 4) is 22.6 Å². The lowest BCUT2D eigenvalue weighted by atomic mass is 10.1. The van der Waals surface area contributed by atoms with Crippen LogP contribution >= 0.6 is 22.9 Å². The second kappa shape index (κ2) is 7.22. The molecule has 2 heterocycles. The second-order valence-electron chi connectivity index (χ2n) is 5.73. The number of benzene rings is 2. The molecule has 0 aliphatic heterocycles. The van der Waals surface area contributed by atoms with Crippen LogP contribution in [0.1, 0.15) is 10.5 Å². The van der Waals surface area contributed by atoms with E-state index in [0.717, 1.165) is 11.1 Å². The average molecular weight is 396 g/mol. The highest BCUT2D eigenvalue weighted by molar-refractivity contribution is 7.13. The zero-order chi connectivity index (χ0) is 18.8. The lowest BCUT2D eigenvalue weighted by Gasteiger charge is -2.03. The van der Waals surface area contributed by atoms with Gasteiger partial charge in [0.15, 0.2) is 10.8 Å². The van der Waals surface area contributed by atoms with Crippen LogP contribution in [0.2, 0.25) is 5.02 Å². The monoisotopic (exact) mass is 395 g/mol. The van der Waals surface area contributed by atoms with Gasteiger partial charge in [-0.2, -0.15) is 0 Å². The van der Waals surface area contributed by atoms with Gasteiger partial charge in [0.05, 0.1) is 5.69 Å². The van der Waals surface area contributed by atoms with Crippen LogP contribution in [0.5, 0.6) is 0 Å². The fraction of sp³-hybridized carbons (Fsp3) is 0. The first-order valence-corrected chi connectivity index (χ1v) is 9.28. The fourth-order valence-electron chi connectivity index (χ4n) is 2.63. The molecule has 27 heavy (non-hydrogen) atoms. The maximum Gasteiger partial charge on any atom is 0.278 e. The highest BCUT2D eigenvalue weighted by Crippen LogP contribution is 2.28. The van der Waals surface area contributed by atoms with E-state index < -0.39 is 0 Å². The Morgan fingerprint density at radius 3 is 2.67 bits per heavy atom. The second-order valence-corrected chi connectivity index (χ2v) is 7.06. The van der Waals surface area contributed by atoms with Crippen molar-refractivity contribution in [2.24, 2.45) is 0 Å². The summed E-state index contributed by atoms with van der Waals surface area (Å²) in [7, 11) is 0. The molecule has 0 saturated carbocycles. The predicted molar refractivity (Wildman–Crippen MR) is 109 cm³/mol. The fourth-order valence-corrected chi connectivity index (χ4v) is 3.28. The summed E-state index contributed by atoms with van der Waals surface area (Å²) >= 11 is 7.33. The SMILES string of the molecule is Nc1cccc(-c2nc(C(=O)Nc3nccs3)c(-c3ccc(Cl)cc3)[nH]2)c1. The molecule has 0 saturated heterocycles. The molecule has 0 aliphatic rings. The molecule has 1 amide bonds. The van der Waals surface area contributed by atoms with Crippen molar-refractivity contribution >= 4 is 39.7 Å². The van der Waals surface area contributed by atoms with E-state index in [9.17, 15) is 4.79 Å². The summed E-state index contributed by atoms with van der Waals surface area (Å²) in [6.07, 6.45) is 1.63. The minimum atomic E-state index is -0.346. The normalized spacial score (nSPS) is 10.7. The Labute approximate surface area is 164 Å². The molecule has 2 aromatic heterocycles. The molecule has 0 unspecified atom stereocenters. The third-order valence-corrected chi connectivity index (χ3v) is 4.81. The summed E-state index contributed by atoms with van der Waals surface area (Å²) < 4.78 is 0. The number of hydrogen-bond donors (Lipinski definition) is 3. The molecule has 2 aromatic carbocycles. The molecule has 4 N–H and O–H groups in total. The smallest absolute Gasteiger partial charge is 0.278 e. The summed E-state index contributed by atoms with van der Waals surface area (Å²) in [5.41, 5.74) is 8.94. The molecule has 8 heteroatoms. The predicted octanol–water partition coefficient (Wildman–Crippen LogP) is 4.69. The van der Waals surface area contributed by atoms with Crippen LogP contribution in [-0.2, 0) is 0 Å². The number of nitrogens with two attached hydrogens (primary N) is 1.